The van der Waals surface area contributed by atoms with E-state index in [-0.39, 0.29) is 17.0 Å². The van der Waals surface area contributed by atoms with Crippen molar-refractivity contribution < 1.29 is 19.1 Å². The number of hydrogen-bond acceptors (Lipinski definition) is 4. The minimum absolute atomic E-state index is 0.153. The van der Waals surface area contributed by atoms with Gasteiger partial charge >= 0.3 is 11.9 Å². The van der Waals surface area contributed by atoms with Crippen LogP contribution in [-0.4, -0.2) is 25.2 Å². The van der Waals surface area contributed by atoms with Crippen molar-refractivity contribution in [1.29, 1.82) is 0 Å². The highest BCUT2D eigenvalue weighted by Crippen LogP contribution is 2.23. The van der Waals surface area contributed by atoms with Gasteiger partial charge in [0.25, 0.3) is 0 Å². The lowest BCUT2D eigenvalue weighted by Gasteiger charge is -2.12. The van der Waals surface area contributed by atoms with Crippen LogP contribution in [0.25, 0.3) is 0 Å². The summed E-state index contributed by atoms with van der Waals surface area (Å²) in [5.41, 5.74) is 1.06. The van der Waals surface area contributed by atoms with Gasteiger partial charge in [-0.05, 0) is 37.0 Å². The Balaban J connectivity index is 3.01. The number of benzene rings is 1. The zero-order chi connectivity index (χ0) is 16.7. The third kappa shape index (κ3) is 5.34. The van der Waals surface area contributed by atoms with Crippen molar-refractivity contribution in [2.24, 2.45) is 5.92 Å². The Morgan fingerprint density at radius 2 is 1.73 bits per heavy atom. The zero-order valence-electron chi connectivity index (χ0n) is 13.6. The van der Waals surface area contributed by atoms with E-state index in [9.17, 15) is 9.59 Å². The van der Waals surface area contributed by atoms with E-state index in [4.69, 9.17) is 21.1 Å². The van der Waals surface area contributed by atoms with E-state index in [0.29, 0.717) is 23.8 Å². The Bertz CT molecular complexity index is 538. The number of ether oxygens (including phenoxy) is 2. The molecule has 0 fully saturated rings. The van der Waals surface area contributed by atoms with E-state index < -0.39 is 11.9 Å². The molecule has 0 atom stereocenters. The first-order valence-electron chi connectivity index (χ1n) is 7.51. The zero-order valence-corrected chi connectivity index (χ0v) is 14.3. The molecule has 0 saturated heterocycles. The molecular weight excluding hydrogens is 304 g/mol. The second-order valence-electron chi connectivity index (χ2n) is 5.63. The fourth-order valence-corrected chi connectivity index (χ4v) is 1.89. The Morgan fingerprint density at radius 1 is 1.14 bits per heavy atom. The summed E-state index contributed by atoms with van der Waals surface area (Å²) in [6.07, 6.45) is 1.70. The number of carbonyl (C=O) groups excluding carboxylic acids is 2. The van der Waals surface area contributed by atoms with Crippen LogP contribution < -0.4 is 0 Å². The molecule has 0 aromatic heterocycles. The van der Waals surface area contributed by atoms with Gasteiger partial charge in [0, 0.05) is 5.02 Å². The number of aryl methyl sites for hydroxylation is 1. The van der Waals surface area contributed by atoms with Crippen molar-refractivity contribution >= 4 is 23.5 Å². The predicted octanol–water partition coefficient (Wildman–Crippen LogP) is 4.42. The maximum absolute atomic E-state index is 12.2. The standard InChI is InChI=1S/C17H23ClO4/c1-5-6-7-21-16(19)14-9-15(18)12(4)8-13(14)17(20)22-10-11(2)3/h8-9,11H,5-7,10H2,1-4H3. The smallest absolute Gasteiger partial charge is 0.339 e. The van der Waals surface area contributed by atoms with E-state index in [1.807, 2.05) is 20.8 Å². The number of esters is 2. The number of hydrogen-bond donors (Lipinski definition) is 0. The number of halogens is 1. The lowest BCUT2D eigenvalue weighted by atomic mass is 10.0. The molecule has 1 aromatic carbocycles. The van der Waals surface area contributed by atoms with Crippen LogP contribution in [0.15, 0.2) is 12.1 Å². The van der Waals surface area contributed by atoms with Crippen LogP contribution in [0.4, 0.5) is 0 Å². The van der Waals surface area contributed by atoms with Gasteiger partial charge in [-0.3, -0.25) is 0 Å². The first kappa shape index (κ1) is 18.5. The van der Waals surface area contributed by atoms with Crippen LogP contribution in [0.2, 0.25) is 5.02 Å². The second-order valence-corrected chi connectivity index (χ2v) is 6.04. The molecule has 0 aliphatic carbocycles. The van der Waals surface area contributed by atoms with Gasteiger partial charge in [0.2, 0.25) is 0 Å². The largest absolute Gasteiger partial charge is 0.462 e. The molecule has 0 aliphatic heterocycles. The summed E-state index contributed by atoms with van der Waals surface area (Å²) in [6, 6.07) is 3.04. The average Bonchev–Trinajstić information content (AvgIpc) is 2.47. The highest BCUT2D eigenvalue weighted by molar-refractivity contribution is 6.32. The minimum Gasteiger partial charge on any atom is -0.462 e. The summed E-state index contributed by atoms with van der Waals surface area (Å²) in [6.45, 7) is 8.28. The molecule has 0 unspecified atom stereocenters. The third-order valence-electron chi connectivity index (χ3n) is 3.02. The van der Waals surface area contributed by atoms with Crippen molar-refractivity contribution in [2.45, 2.75) is 40.5 Å². The first-order valence-corrected chi connectivity index (χ1v) is 7.89. The van der Waals surface area contributed by atoms with Crippen molar-refractivity contribution in [1.82, 2.24) is 0 Å². The number of rotatable bonds is 7. The number of carbonyl (C=O) groups is 2. The molecular formula is C17H23ClO4. The summed E-state index contributed by atoms with van der Waals surface area (Å²) in [5.74, 6) is -0.861. The molecule has 0 saturated carbocycles. The van der Waals surface area contributed by atoms with E-state index in [1.165, 1.54) is 6.07 Å². The Labute approximate surface area is 136 Å². The van der Waals surface area contributed by atoms with Gasteiger partial charge in [0.15, 0.2) is 0 Å². The van der Waals surface area contributed by atoms with Crippen LogP contribution in [0.5, 0.6) is 0 Å². The molecule has 0 aliphatic rings. The lowest BCUT2D eigenvalue weighted by molar-refractivity contribution is 0.0428. The fraction of sp³-hybridized carbons (Fsp3) is 0.529. The molecule has 22 heavy (non-hydrogen) atoms. The Morgan fingerprint density at radius 3 is 2.32 bits per heavy atom. The highest BCUT2D eigenvalue weighted by atomic mass is 35.5. The molecule has 1 rings (SSSR count). The molecule has 0 radical (unpaired) electrons. The van der Waals surface area contributed by atoms with Crippen LogP contribution in [0.3, 0.4) is 0 Å². The van der Waals surface area contributed by atoms with Crippen molar-refractivity contribution in [3.05, 3.63) is 33.8 Å². The summed E-state index contributed by atoms with van der Waals surface area (Å²) < 4.78 is 10.4. The molecule has 1 aromatic rings. The summed E-state index contributed by atoms with van der Waals surface area (Å²) in [7, 11) is 0. The molecule has 0 N–H and O–H groups in total. The van der Waals surface area contributed by atoms with Gasteiger partial charge in [-0.25, -0.2) is 9.59 Å². The van der Waals surface area contributed by atoms with E-state index in [0.717, 1.165) is 12.8 Å². The quantitative estimate of drug-likeness (QED) is 0.550. The SMILES string of the molecule is CCCCOC(=O)c1cc(Cl)c(C)cc1C(=O)OCC(C)C. The van der Waals surface area contributed by atoms with E-state index >= 15 is 0 Å². The van der Waals surface area contributed by atoms with E-state index in [1.54, 1.807) is 13.0 Å². The van der Waals surface area contributed by atoms with Gasteiger partial charge < -0.3 is 9.47 Å². The second kappa shape index (κ2) is 8.79. The van der Waals surface area contributed by atoms with Crippen LogP contribution in [0, 0.1) is 12.8 Å². The molecule has 5 heteroatoms. The normalized spacial score (nSPS) is 10.6. The fourth-order valence-electron chi connectivity index (χ4n) is 1.73. The van der Waals surface area contributed by atoms with Crippen molar-refractivity contribution in [2.75, 3.05) is 13.2 Å². The molecule has 0 bridgehead atoms. The van der Waals surface area contributed by atoms with Crippen molar-refractivity contribution in [3.63, 3.8) is 0 Å². The summed E-state index contributed by atoms with van der Waals surface area (Å²) in [5, 5.41) is 0.419. The predicted molar refractivity (Wildman–Crippen MR) is 86.5 cm³/mol. The summed E-state index contributed by atoms with van der Waals surface area (Å²) in [4.78, 5) is 24.4. The maximum atomic E-state index is 12.2. The monoisotopic (exact) mass is 326 g/mol. The van der Waals surface area contributed by atoms with E-state index in [2.05, 4.69) is 0 Å². The van der Waals surface area contributed by atoms with Crippen LogP contribution >= 0.6 is 11.6 Å². The van der Waals surface area contributed by atoms with Gasteiger partial charge in [0.1, 0.15) is 0 Å². The third-order valence-corrected chi connectivity index (χ3v) is 3.42. The Kier molecular flexibility index (Phi) is 7.39. The van der Waals surface area contributed by atoms with Gasteiger partial charge in [-0.2, -0.15) is 0 Å². The molecule has 0 amide bonds. The van der Waals surface area contributed by atoms with Crippen LogP contribution in [-0.2, 0) is 9.47 Å². The van der Waals surface area contributed by atoms with Gasteiger partial charge in [0.05, 0.1) is 24.3 Å². The minimum atomic E-state index is -0.549. The molecule has 0 heterocycles. The topological polar surface area (TPSA) is 52.6 Å². The van der Waals surface area contributed by atoms with Crippen LogP contribution in [0.1, 0.15) is 59.9 Å². The molecule has 0 spiro atoms. The lowest BCUT2D eigenvalue weighted by Crippen LogP contribution is -2.16. The first-order chi connectivity index (χ1) is 10.4. The molecule has 122 valence electrons. The summed E-state index contributed by atoms with van der Waals surface area (Å²) >= 11 is 6.06. The van der Waals surface area contributed by atoms with Crippen molar-refractivity contribution in [3.8, 4) is 0 Å². The number of unbranched alkanes of at least 4 members (excludes halogenated alkanes) is 1. The van der Waals surface area contributed by atoms with Gasteiger partial charge in [-0.15, -0.1) is 0 Å². The Hall–Kier alpha value is -1.55. The highest BCUT2D eigenvalue weighted by Gasteiger charge is 2.21. The average molecular weight is 327 g/mol. The van der Waals surface area contributed by atoms with Gasteiger partial charge in [-0.1, -0.05) is 38.8 Å². The molecule has 4 nitrogen and oxygen atoms in total. The maximum Gasteiger partial charge on any atom is 0.339 e.